The normalized spacial score (nSPS) is 21.0. The molecule has 3 rings (SSSR count). The molecular weight excluding hydrogens is 354 g/mol. The van der Waals surface area contributed by atoms with Crippen LogP contribution in [0.3, 0.4) is 0 Å². The molecule has 0 saturated carbocycles. The summed E-state index contributed by atoms with van der Waals surface area (Å²) >= 11 is 0. The van der Waals surface area contributed by atoms with Crippen LogP contribution >= 0.6 is 0 Å². The number of carbonyl (C=O) groups excluding carboxylic acids is 1. The van der Waals surface area contributed by atoms with E-state index in [1.54, 1.807) is 0 Å². The fraction of sp³-hybridized carbons (Fsp3) is 0.682. The van der Waals surface area contributed by atoms with Gasteiger partial charge in [0.05, 0.1) is 19.8 Å². The molecule has 1 aromatic rings. The van der Waals surface area contributed by atoms with Gasteiger partial charge < -0.3 is 19.7 Å². The third-order valence-electron chi connectivity index (χ3n) is 5.35. The van der Waals surface area contributed by atoms with E-state index in [9.17, 15) is 4.79 Å². The van der Waals surface area contributed by atoms with Crippen molar-refractivity contribution in [3.05, 3.63) is 29.8 Å². The average Bonchev–Trinajstić information content (AvgIpc) is 2.72. The summed E-state index contributed by atoms with van der Waals surface area (Å²) in [7, 11) is 0. The standard InChI is InChI=1S/C22H35N3O3/c1-18(2)17-28-21-7-3-5-19(13-21)14-23-22(26)25-8-4-6-20(16-25)15-24-9-11-27-12-10-24/h3,5,7,13,18,20H,4,6,8-12,14-17H2,1-2H3,(H,23,26). The summed E-state index contributed by atoms with van der Waals surface area (Å²) in [6.45, 7) is 12.0. The van der Waals surface area contributed by atoms with Crippen LogP contribution in [0.5, 0.6) is 5.75 Å². The number of benzene rings is 1. The molecule has 6 heteroatoms. The number of hydrogen-bond acceptors (Lipinski definition) is 4. The minimum Gasteiger partial charge on any atom is -0.493 e. The molecule has 0 spiro atoms. The number of morpholine rings is 1. The monoisotopic (exact) mass is 389 g/mol. The zero-order chi connectivity index (χ0) is 19.8. The topological polar surface area (TPSA) is 54.0 Å². The Kier molecular flexibility index (Phi) is 7.98. The van der Waals surface area contributed by atoms with Crippen LogP contribution < -0.4 is 10.1 Å². The van der Waals surface area contributed by atoms with E-state index in [4.69, 9.17) is 9.47 Å². The first-order valence-corrected chi connectivity index (χ1v) is 10.6. The Morgan fingerprint density at radius 1 is 1.29 bits per heavy atom. The molecular formula is C22H35N3O3. The maximum absolute atomic E-state index is 12.7. The predicted molar refractivity (Wildman–Crippen MR) is 111 cm³/mol. The Bertz CT molecular complexity index is 617. The van der Waals surface area contributed by atoms with Gasteiger partial charge >= 0.3 is 6.03 Å². The molecule has 0 bridgehead atoms. The van der Waals surface area contributed by atoms with Gasteiger partial charge in [0, 0.05) is 39.3 Å². The van der Waals surface area contributed by atoms with Gasteiger partial charge in [-0.3, -0.25) is 4.90 Å². The second kappa shape index (κ2) is 10.7. The Morgan fingerprint density at radius 3 is 2.89 bits per heavy atom. The lowest BCUT2D eigenvalue weighted by atomic mass is 9.97. The molecule has 156 valence electrons. The van der Waals surface area contributed by atoms with E-state index in [1.165, 1.54) is 6.42 Å². The van der Waals surface area contributed by atoms with Gasteiger partial charge in [-0.15, -0.1) is 0 Å². The second-order valence-corrected chi connectivity index (χ2v) is 8.38. The number of piperidine rings is 1. The average molecular weight is 390 g/mol. The van der Waals surface area contributed by atoms with E-state index >= 15 is 0 Å². The van der Waals surface area contributed by atoms with Crippen LogP contribution in [-0.4, -0.2) is 68.4 Å². The van der Waals surface area contributed by atoms with Crippen LogP contribution in [-0.2, 0) is 11.3 Å². The van der Waals surface area contributed by atoms with E-state index in [2.05, 4.69) is 24.1 Å². The number of nitrogens with zero attached hydrogens (tertiary/aromatic N) is 2. The number of hydrogen-bond donors (Lipinski definition) is 1. The summed E-state index contributed by atoms with van der Waals surface area (Å²) in [5.74, 6) is 1.92. The molecule has 2 fully saturated rings. The number of carbonyl (C=O) groups is 1. The van der Waals surface area contributed by atoms with Crippen molar-refractivity contribution in [1.29, 1.82) is 0 Å². The lowest BCUT2D eigenvalue weighted by molar-refractivity contribution is 0.0249. The zero-order valence-electron chi connectivity index (χ0n) is 17.4. The van der Waals surface area contributed by atoms with Crippen molar-refractivity contribution in [2.75, 3.05) is 52.5 Å². The van der Waals surface area contributed by atoms with E-state index in [1.807, 2.05) is 29.2 Å². The fourth-order valence-electron chi connectivity index (χ4n) is 3.85. The van der Waals surface area contributed by atoms with Gasteiger partial charge in [0.1, 0.15) is 5.75 Å². The van der Waals surface area contributed by atoms with Crippen LogP contribution in [0.1, 0.15) is 32.3 Å². The van der Waals surface area contributed by atoms with E-state index < -0.39 is 0 Å². The van der Waals surface area contributed by atoms with Gasteiger partial charge in [-0.1, -0.05) is 26.0 Å². The predicted octanol–water partition coefficient (Wildman–Crippen LogP) is 2.98. The molecule has 0 aromatic heterocycles. The van der Waals surface area contributed by atoms with Crippen LogP contribution in [0.4, 0.5) is 4.79 Å². The van der Waals surface area contributed by atoms with Crippen LogP contribution in [0.15, 0.2) is 24.3 Å². The first-order chi connectivity index (χ1) is 13.6. The molecule has 0 radical (unpaired) electrons. The highest BCUT2D eigenvalue weighted by Crippen LogP contribution is 2.19. The van der Waals surface area contributed by atoms with E-state index in [0.29, 0.717) is 25.0 Å². The van der Waals surface area contributed by atoms with Gasteiger partial charge in [-0.2, -0.15) is 0 Å². The lowest BCUT2D eigenvalue weighted by Crippen LogP contribution is -2.48. The second-order valence-electron chi connectivity index (χ2n) is 8.38. The number of nitrogens with one attached hydrogen (secondary N) is 1. The molecule has 1 aromatic carbocycles. The number of ether oxygens (including phenoxy) is 2. The van der Waals surface area contributed by atoms with Gasteiger partial charge in [-0.05, 0) is 42.4 Å². The van der Waals surface area contributed by atoms with Crippen LogP contribution in [0.25, 0.3) is 0 Å². The van der Waals surface area contributed by atoms with Gasteiger partial charge in [0.15, 0.2) is 0 Å². The zero-order valence-corrected chi connectivity index (χ0v) is 17.4. The highest BCUT2D eigenvalue weighted by Gasteiger charge is 2.25. The van der Waals surface area contributed by atoms with Crippen molar-refractivity contribution in [1.82, 2.24) is 15.1 Å². The molecule has 2 aliphatic heterocycles. The summed E-state index contributed by atoms with van der Waals surface area (Å²) in [6, 6.07) is 8.03. The minimum atomic E-state index is 0.0418. The largest absolute Gasteiger partial charge is 0.493 e. The molecule has 28 heavy (non-hydrogen) atoms. The third-order valence-corrected chi connectivity index (χ3v) is 5.35. The van der Waals surface area contributed by atoms with Crippen molar-refractivity contribution in [2.24, 2.45) is 11.8 Å². The lowest BCUT2D eigenvalue weighted by Gasteiger charge is -2.36. The Labute approximate surface area is 169 Å². The number of amides is 2. The van der Waals surface area contributed by atoms with E-state index in [-0.39, 0.29) is 6.03 Å². The van der Waals surface area contributed by atoms with Crippen molar-refractivity contribution in [3.63, 3.8) is 0 Å². The summed E-state index contributed by atoms with van der Waals surface area (Å²) in [5, 5.41) is 3.08. The Balaban J connectivity index is 1.44. The molecule has 1 unspecified atom stereocenters. The SMILES string of the molecule is CC(C)COc1cccc(CNC(=O)N2CCCC(CN3CCOCC3)C2)c1. The quantitative estimate of drug-likeness (QED) is 0.779. The van der Waals surface area contributed by atoms with Crippen molar-refractivity contribution >= 4 is 6.03 Å². The first kappa shape index (κ1) is 20.9. The van der Waals surface area contributed by atoms with Gasteiger partial charge in [-0.25, -0.2) is 4.79 Å². The summed E-state index contributed by atoms with van der Waals surface area (Å²) in [6.07, 6.45) is 2.29. The summed E-state index contributed by atoms with van der Waals surface area (Å²) < 4.78 is 11.2. The molecule has 2 aliphatic rings. The maximum atomic E-state index is 12.7. The molecule has 2 heterocycles. The molecule has 1 N–H and O–H groups in total. The summed E-state index contributed by atoms with van der Waals surface area (Å²) in [5.41, 5.74) is 1.07. The third kappa shape index (κ3) is 6.67. The molecule has 0 aliphatic carbocycles. The van der Waals surface area contributed by atoms with E-state index in [0.717, 1.165) is 63.7 Å². The molecule has 2 saturated heterocycles. The number of urea groups is 1. The van der Waals surface area contributed by atoms with Crippen molar-refractivity contribution < 1.29 is 14.3 Å². The smallest absolute Gasteiger partial charge is 0.317 e. The Morgan fingerprint density at radius 2 is 2.11 bits per heavy atom. The van der Waals surface area contributed by atoms with Gasteiger partial charge in [0.25, 0.3) is 0 Å². The van der Waals surface area contributed by atoms with Crippen LogP contribution in [0, 0.1) is 11.8 Å². The van der Waals surface area contributed by atoms with Crippen molar-refractivity contribution in [3.8, 4) is 5.75 Å². The minimum absolute atomic E-state index is 0.0418. The maximum Gasteiger partial charge on any atom is 0.317 e. The highest BCUT2D eigenvalue weighted by atomic mass is 16.5. The molecule has 2 amide bonds. The highest BCUT2D eigenvalue weighted by molar-refractivity contribution is 5.74. The number of rotatable bonds is 7. The summed E-state index contributed by atoms with van der Waals surface area (Å²) in [4.78, 5) is 17.1. The van der Waals surface area contributed by atoms with Crippen LogP contribution in [0.2, 0.25) is 0 Å². The Hall–Kier alpha value is -1.79. The fourth-order valence-corrected chi connectivity index (χ4v) is 3.85. The first-order valence-electron chi connectivity index (χ1n) is 10.6. The van der Waals surface area contributed by atoms with Gasteiger partial charge in [0.2, 0.25) is 0 Å². The van der Waals surface area contributed by atoms with Crippen molar-refractivity contribution in [2.45, 2.75) is 33.2 Å². The molecule has 6 nitrogen and oxygen atoms in total. The number of likely N-dealkylation sites (tertiary alicyclic amines) is 1. The molecule has 1 atom stereocenters.